The predicted octanol–water partition coefficient (Wildman–Crippen LogP) is 5.37. The van der Waals surface area contributed by atoms with Gasteiger partial charge in [0.25, 0.3) is 0 Å². The largest absolute Gasteiger partial charge is 0.497 e. The van der Waals surface area contributed by atoms with Crippen molar-refractivity contribution in [3.8, 4) is 34.5 Å². The van der Waals surface area contributed by atoms with Gasteiger partial charge in [0.2, 0.25) is 6.79 Å². The van der Waals surface area contributed by atoms with Crippen LogP contribution in [0.5, 0.6) is 34.5 Å². The third-order valence-corrected chi connectivity index (χ3v) is 4.27. The van der Waals surface area contributed by atoms with Crippen LogP contribution in [-0.4, -0.2) is 26.7 Å². The van der Waals surface area contributed by atoms with Gasteiger partial charge in [-0.1, -0.05) is 6.07 Å². The highest BCUT2D eigenvalue weighted by atomic mass is 16.7. The van der Waals surface area contributed by atoms with Crippen molar-refractivity contribution < 1.29 is 23.7 Å². The lowest BCUT2D eigenvalue weighted by atomic mass is 10.2. The number of benzene rings is 3. The summed E-state index contributed by atoms with van der Waals surface area (Å²) in [5, 5.41) is 0. The molecule has 1 aliphatic heterocycles. The Balaban J connectivity index is 1.49. The lowest BCUT2D eigenvalue weighted by Gasteiger charge is -2.08. The van der Waals surface area contributed by atoms with Gasteiger partial charge in [0.1, 0.15) is 23.0 Å². The summed E-state index contributed by atoms with van der Waals surface area (Å²) in [6, 6.07) is 18.7. The number of methoxy groups -OCH3 is 1. The molecule has 0 fully saturated rings. The van der Waals surface area contributed by atoms with Crippen molar-refractivity contribution in [2.24, 2.45) is 4.99 Å². The van der Waals surface area contributed by atoms with Gasteiger partial charge in [-0.05, 0) is 49.4 Å². The fourth-order valence-corrected chi connectivity index (χ4v) is 2.87. The molecule has 6 nitrogen and oxygen atoms in total. The van der Waals surface area contributed by atoms with E-state index in [0.29, 0.717) is 29.6 Å². The summed E-state index contributed by atoms with van der Waals surface area (Å²) in [6.45, 7) is 2.71. The minimum absolute atomic E-state index is 0.218. The fourth-order valence-electron chi connectivity index (χ4n) is 2.87. The van der Waals surface area contributed by atoms with Gasteiger partial charge in [0, 0.05) is 23.9 Å². The summed E-state index contributed by atoms with van der Waals surface area (Å²) >= 11 is 0. The molecule has 0 atom stereocenters. The normalized spacial score (nSPS) is 12.2. The van der Waals surface area contributed by atoms with Crippen LogP contribution in [0.4, 0.5) is 5.69 Å². The molecule has 0 unspecified atom stereocenters. The van der Waals surface area contributed by atoms with Crippen molar-refractivity contribution in [1.29, 1.82) is 0 Å². The van der Waals surface area contributed by atoms with Gasteiger partial charge < -0.3 is 23.7 Å². The van der Waals surface area contributed by atoms with E-state index in [-0.39, 0.29) is 6.79 Å². The van der Waals surface area contributed by atoms with Crippen molar-refractivity contribution in [3.05, 3.63) is 66.2 Å². The van der Waals surface area contributed by atoms with E-state index in [1.54, 1.807) is 13.3 Å². The van der Waals surface area contributed by atoms with E-state index in [1.807, 2.05) is 67.6 Å². The number of rotatable bonds is 7. The van der Waals surface area contributed by atoms with Crippen LogP contribution in [0.15, 0.2) is 65.7 Å². The van der Waals surface area contributed by atoms with E-state index in [4.69, 9.17) is 23.7 Å². The Morgan fingerprint density at radius 1 is 0.931 bits per heavy atom. The van der Waals surface area contributed by atoms with Crippen LogP contribution in [0, 0.1) is 0 Å². The second-order valence-corrected chi connectivity index (χ2v) is 6.21. The molecule has 0 bridgehead atoms. The van der Waals surface area contributed by atoms with Crippen LogP contribution >= 0.6 is 0 Å². The molecular formula is C23H21NO5. The standard InChI is InChI=1S/C23H21NO5/c1-3-26-21-13-23-22(27-15-28-23)11-16(21)14-24-17-7-9-18(10-8-17)29-20-6-4-5-19(12-20)25-2/h4-14H,3,15H2,1-2H3. The van der Waals surface area contributed by atoms with Crippen molar-refractivity contribution in [2.75, 3.05) is 20.5 Å². The molecule has 0 spiro atoms. The van der Waals surface area contributed by atoms with E-state index in [1.165, 1.54) is 0 Å². The minimum atomic E-state index is 0.218. The van der Waals surface area contributed by atoms with Gasteiger partial charge in [-0.25, -0.2) is 0 Å². The topological polar surface area (TPSA) is 58.5 Å². The molecule has 0 saturated carbocycles. The van der Waals surface area contributed by atoms with Crippen LogP contribution in [0.1, 0.15) is 12.5 Å². The molecule has 29 heavy (non-hydrogen) atoms. The third kappa shape index (κ3) is 4.43. The summed E-state index contributed by atoms with van der Waals surface area (Å²) < 4.78 is 27.6. The van der Waals surface area contributed by atoms with Gasteiger partial charge in [-0.3, -0.25) is 4.99 Å². The number of ether oxygens (including phenoxy) is 5. The monoisotopic (exact) mass is 391 g/mol. The summed E-state index contributed by atoms with van der Waals surface area (Å²) in [6.07, 6.45) is 1.75. The maximum atomic E-state index is 5.86. The average Bonchev–Trinajstić information content (AvgIpc) is 3.21. The quantitative estimate of drug-likeness (QED) is 0.507. The molecule has 0 saturated heterocycles. The van der Waals surface area contributed by atoms with Crippen LogP contribution < -0.4 is 23.7 Å². The molecule has 3 aromatic rings. The Hall–Kier alpha value is -3.67. The van der Waals surface area contributed by atoms with E-state index in [9.17, 15) is 0 Å². The summed E-state index contributed by atoms with van der Waals surface area (Å²) in [5.41, 5.74) is 1.62. The first-order chi connectivity index (χ1) is 14.2. The molecule has 0 radical (unpaired) electrons. The van der Waals surface area contributed by atoms with Crippen LogP contribution in [0.3, 0.4) is 0 Å². The lowest BCUT2D eigenvalue weighted by molar-refractivity contribution is 0.174. The first-order valence-electron chi connectivity index (χ1n) is 9.27. The molecule has 1 aliphatic rings. The highest BCUT2D eigenvalue weighted by Crippen LogP contribution is 2.37. The van der Waals surface area contributed by atoms with Crippen LogP contribution in [0.2, 0.25) is 0 Å². The zero-order valence-corrected chi connectivity index (χ0v) is 16.3. The van der Waals surface area contributed by atoms with Crippen molar-refractivity contribution >= 4 is 11.9 Å². The van der Waals surface area contributed by atoms with Crippen LogP contribution in [0.25, 0.3) is 0 Å². The maximum Gasteiger partial charge on any atom is 0.231 e. The first kappa shape index (κ1) is 18.7. The average molecular weight is 391 g/mol. The number of nitrogens with zero attached hydrogens (tertiary/aromatic N) is 1. The molecule has 0 N–H and O–H groups in total. The molecule has 1 heterocycles. The van der Waals surface area contributed by atoms with Gasteiger partial charge in [-0.2, -0.15) is 0 Å². The highest BCUT2D eigenvalue weighted by Gasteiger charge is 2.17. The molecule has 148 valence electrons. The fraction of sp³-hybridized carbons (Fsp3) is 0.174. The van der Waals surface area contributed by atoms with E-state index >= 15 is 0 Å². The van der Waals surface area contributed by atoms with E-state index < -0.39 is 0 Å². The van der Waals surface area contributed by atoms with Crippen LogP contribution in [-0.2, 0) is 0 Å². The Kier molecular flexibility index (Phi) is 5.52. The second-order valence-electron chi connectivity index (χ2n) is 6.21. The summed E-state index contributed by atoms with van der Waals surface area (Å²) in [5.74, 6) is 4.26. The second kappa shape index (κ2) is 8.56. The molecule has 3 aromatic carbocycles. The number of aliphatic imine (C=N–C) groups is 1. The summed E-state index contributed by atoms with van der Waals surface area (Å²) in [4.78, 5) is 4.54. The van der Waals surface area contributed by atoms with Gasteiger partial charge in [-0.15, -0.1) is 0 Å². The van der Waals surface area contributed by atoms with Crippen molar-refractivity contribution in [2.45, 2.75) is 6.92 Å². The molecule has 0 amide bonds. The highest BCUT2D eigenvalue weighted by molar-refractivity contribution is 5.87. The molecular weight excluding hydrogens is 370 g/mol. The predicted molar refractivity (Wildman–Crippen MR) is 110 cm³/mol. The zero-order chi connectivity index (χ0) is 20.1. The lowest BCUT2D eigenvalue weighted by Crippen LogP contribution is -1.96. The molecule has 0 aromatic heterocycles. The van der Waals surface area contributed by atoms with Crippen molar-refractivity contribution in [3.63, 3.8) is 0 Å². The Morgan fingerprint density at radius 3 is 2.45 bits per heavy atom. The van der Waals surface area contributed by atoms with Gasteiger partial charge in [0.15, 0.2) is 11.5 Å². The smallest absolute Gasteiger partial charge is 0.231 e. The molecule has 4 rings (SSSR count). The number of hydrogen-bond donors (Lipinski definition) is 0. The summed E-state index contributed by atoms with van der Waals surface area (Å²) in [7, 11) is 1.63. The Morgan fingerprint density at radius 2 is 1.69 bits per heavy atom. The number of hydrogen-bond acceptors (Lipinski definition) is 6. The number of fused-ring (bicyclic) bond motifs is 1. The van der Waals surface area contributed by atoms with E-state index in [0.717, 1.165) is 22.7 Å². The maximum absolute atomic E-state index is 5.86. The van der Waals surface area contributed by atoms with Gasteiger partial charge >= 0.3 is 0 Å². The molecule has 0 aliphatic carbocycles. The first-order valence-corrected chi connectivity index (χ1v) is 9.27. The SMILES string of the molecule is CCOc1cc2c(cc1C=Nc1ccc(Oc3cccc(OC)c3)cc1)OCO2. The minimum Gasteiger partial charge on any atom is -0.497 e. The zero-order valence-electron chi connectivity index (χ0n) is 16.3. The van der Waals surface area contributed by atoms with E-state index in [2.05, 4.69) is 4.99 Å². The molecule has 6 heteroatoms. The Bertz CT molecular complexity index is 1010. The Labute approximate surface area is 169 Å². The third-order valence-electron chi connectivity index (χ3n) is 4.27. The van der Waals surface area contributed by atoms with Gasteiger partial charge in [0.05, 0.1) is 19.4 Å². The van der Waals surface area contributed by atoms with Crippen molar-refractivity contribution in [1.82, 2.24) is 0 Å².